The molecule has 2 N–H and O–H groups in total. The van der Waals surface area contributed by atoms with Crippen LogP contribution in [0.25, 0.3) is 10.9 Å². The van der Waals surface area contributed by atoms with Crippen molar-refractivity contribution in [3.8, 4) is 0 Å². The van der Waals surface area contributed by atoms with Crippen LogP contribution in [0.1, 0.15) is 16.3 Å². The van der Waals surface area contributed by atoms with Gasteiger partial charge in [0, 0.05) is 23.3 Å². The molecule has 3 aromatic rings. The van der Waals surface area contributed by atoms with Gasteiger partial charge in [0.05, 0.1) is 5.69 Å². The average Bonchev–Trinajstić information content (AvgIpc) is 2.97. The monoisotopic (exact) mass is 211 g/mol. The molecule has 1 aromatic carbocycles. The SMILES string of the molecule is O=C(c1cc2ccccc2[nH]1)c1ncc[nH]1. The average molecular weight is 211 g/mol. The Kier molecular flexibility index (Phi) is 1.86. The van der Waals surface area contributed by atoms with Crippen LogP contribution in [0.5, 0.6) is 0 Å². The molecule has 0 aliphatic rings. The van der Waals surface area contributed by atoms with Crippen LogP contribution in [-0.2, 0) is 0 Å². The van der Waals surface area contributed by atoms with Gasteiger partial charge < -0.3 is 9.97 Å². The van der Waals surface area contributed by atoms with Crippen LogP contribution < -0.4 is 0 Å². The van der Waals surface area contributed by atoms with Crippen molar-refractivity contribution in [1.82, 2.24) is 15.0 Å². The zero-order valence-electron chi connectivity index (χ0n) is 8.40. The van der Waals surface area contributed by atoms with Crippen molar-refractivity contribution in [2.45, 2.75) is 0 Å². The van der Waals surface area contributed by atoms with Gasteiger partial charge in [-0.1, -0.05) is 18.2 Å². The Morgan fingerprint density at radius 3 is 2.88 bits per heavy atom. The van der Waals surface area contributed by atoms with E-state index >= 15 is 0 Å². The minimum Gasteiger partial charge on any atom is -0.352 e. The van der Waals surface area contributed by atoms with E-state index in [1.54, 1.807) is 12.4 Å². The van der Waals surface area contributed by atoms with Crippen LogP contribution in [0, 0.1) is 0 Å². The van der Waals surface area contributed by atoms with Crippen molar-refractivity contribution in [2.75, 3.05) is 0 Å². The maximum Gasteiger partial charge on any atom is 0.244 e. The number of carbonyl (C=O) groups excluding carboxylic acids is 1. The predicted molar refractivity (Wildman–Crippen MR) is 60.3 cm³/mol. The molecule has 4 heteroatoms. The van der Waals surface area contributed by atoms with Gasteiger partial charge in [-0.3, -0.25) is 4.79 Å². The first-order valence-corrected chi connectivity index (χ1v) is 4.96. The summed E-state index contributed by atoms with van der Waals surface area (Å²) in [4.78, 5) is 21.8. The molecule has 0 bridgehead atoms. The molecule has 0 aliphatic carbocycles. The summed E-state index contributed by atoms with van der Waals surface area (Å²) in [6.07, 6.45) is 3.20. The molecule has 0 saturated heterocycles. The highest BCUT2D eigenvalue weighted by molar-refractivity contribution is 6.07. The molecular formula is C12H9N3O. The van der Waals surface area contributed by atoms with Crippen molar-refractivity contribution in [3.63, 3.8) is 0 Å². The van der Waals surface area contributed by atoms with Gasteiger partial charge in [0.15, 0.2) is 5.82 Å². The third-order valence-corrected chi connectivity index (χ3v) is 2.49. The van der Waals surface area contributed by atoms with Gasteiger partial charge in [0.2, 0.25) is 5.78 Å². The number of hydrogen-bond donors (Lipinski definition) is 2. The summed E-state index contributed by atoms with van der Waals surface area (Å²) in [7, 11) is 0. The highest BCUT2D eigenvalue weighted by Crippen LogP contribution is 2.16. The van der Waals surface area contributed by atoms with Crippen LogP contribution in [-0.4, -0.2) is 20.7 Å². The molecule has 0 atom stereocenters. The molecule has 0 saturated carbocycles. The predicted octanol–water partition coefficient (Wildman–Crippen LogP) is 2.12. The summed E-state index contributed by atoms with van der Waals surface area (Å²) in [5, 5.41) is 1.03. The molecule has 3 rings (SSSR count). The molecule has 0 spiro atoms. The van der Waals surface area contributed by atoms with Gasteiger partial charge in [0.25, 0.3) is 0 Å². The number of nitrogens with one attached hydrogen (secondary N) is 2. The zero-order chi connectivity index (χ0) is 11.0. The minimum atomic E-state index is -0.124. The number of ketones is 1. The van der Waals surface area contributed by atoms with Gasteiger partial charge in [-0.2, -0.15) is 0 Å². The summed E-state index contributed by atoms with van der Waals surface area (Å²) in [5.74, 6) is 0.229. The van der Waals surface area contributed by atoms with Crippen molar-refractivity contribution >= 4 is 16.7 Å². The Morgan fingerprint density at radius 2 is 2.12 bits per heavy atom. The van der Waals surface area contributed by atoms with Crippen molar-refractivity contribution in [2.24, 2.45) is 0 Å². The van der Waals surface area contributed by atoms with E-state index < -0.39 is 0 Å². The number of hydrogen-bond acceptors (Lipinski definition) is 2. The Balaban J connectivity index is 2.10. The van der Waals surface area contributed by atoms with Crippen molar-refractivity contribution in [1.29, 1.82) is 0 Å². The molecule has 2 heterocycles. The van der Waals surface area contributed by atoms with E-state index in [-0.39, 0.29) is 5.78 Å². The third-order valence-electron chi connectivity index (χ3n) is 2.49. The van der Waals surface area contributed by atoms with Crippen LogP contribution >= 0.6 is 0 Å². The summed E-state index contributed by atoms with van der Waals surface area (Å²) < 4.78 is 0. The number of benzene rings is 1. The van der Waals surface area contributed by atoms with Crippen LogP contribution in [0.15, 0.2) is 42.7 Å². The van der Waals surface area contributed by atoms with Gasteiger partial charge in [0.1, 0.15) is 0 Å². The number of para-hydroxylation sites is 1. The Bertz CT molecular complexity index is 604. The highest BCUT2D eigenvalue weighted by Gasteiger charge is 2.13. The van der Waals surface area contributed by atoms with Gasteiger partial charge >= 0.3 is 0 Å². The molecule has 16 heavy (non-hydrogen) atoms. The molecule has 2 aromatic heterocycles. The second-order valence-corrected chi connectivity index (χ2v) is 3.54. The number of aromatic nitrogens is 3. The number of carbonyl (C=O) groups is 1. The van der Waals surface area contributed by atoms with Crippen LogP contribution in [0.3, 0.4) is 0 Å². The number of nitrogens with zero attached hydrogens (tertiary/aromatic N) is 1. The van der Waals surface area contributed by atoms with Crippen molar-refractivity contribution in [3.05, 3.63) is 54.2 Å². The fraction of sp³-hybridized carbons (Fsp3) is 0. The normalized spacial score (nSPS) is 10.8. The van der Waals surface area contributed by atoms with E-state index in [2.05, 4.69) is 15.0 Å². The minimum absolute atomic E-state index is 0.124. The highest BCUT2D eigenvalue weighted by atomic mass is 16.1. The second kappa shape index (κ2) is 3.34. The molecule has 0 amide bonds. The summed E-state index contributed by atoms with van der Waals surface area (Å²) in [5.41, 5.74) is 1.51. The van der Waals surface area contributed by atoms with E-state index in [1.165, 1.54) is 0 Å². The molecule has 78 valence electrons. The standard InChI is InChI=1S/C12H9N3O/c16-11(12-13-5-6-14-12)10-7-8-3-1-2-4-9(8)15-10/h1-7,15H,(H,13,14). The number of imidazole rings is 1. The van der Waals surface area contributed by atoms with Gasteiger partial charge in [-0.25, -0.2) is 4.98 Å². The van der Waals surface area contributed by atoms with E-state index in [0.717, 1.165) is 10.9 Å². The molecule has 0 fully saturated rings. The molecule has 0 radical (unpaired) electrons. The fourth-order valence-corrected chi connectivity index (χ4v) is 1.71. The first-order chi connectivity index (χ1) is 7.84. The first kappa shape index (κ1) is 8.91. The number of rotatable bonds is 2. The number of H-pyrrole nitrogens is 2. The summed E-state index contributed by atoms with van der Waals surface area (Å²) in [6, 6.07) is 9.61. The van der Waals surface area contributed by atoms with Crippen molar-refractivity contribution < 1.29 is 4.79 Å². The Hall–Kier alpha value is -2.36. The van der Waals surface area contributed by atoms with E-state index in [1.807, 2.05) is 30.3 Å². The van der Waals surface area contributed by atoms with Crippen LogP contribution in [0.2, 0.25) is 0 Å². The zero-order valence-corrected chi connectivity index (χ0v) is 8.40. The van der Waals surface area contributed by atoms with E-state index in [0.29, 0.717) is 11.5 Å². The van der Waals surface area contributed by atoms with Crippen LogP contribution in [0.4, 0.5) is 0 Å². The lowest BCUT2D eigenvalue weighted by Gasteiger charge is -1.91. The lowest BCUT2D eigenvalue weighted by Crippen LogP contribution is -2.03. The summed E-state index contributed by atoms with van der Waals surface area (Å²) >= 11 is 0. The van der Waals surface area contributed by atoms with E-state index in [4.69, 9.17) is 0 Å². The number of aromatic amines is 2. The maximum absolute atomic E-state index is 12.0. The molecule has 0 unspecified atom stereocenters. The molecule has 4 nitrogen and oxygen atoms in total. The number of fused-ring (bicyclic) bond motifs is 1. The van der Waals surface area contributed by atoms with Gasteiger partial charge in [-0.05, 0) is 12.1 Å². The molecule has 0 aliphatic heterocycles. The third kappa shape index (κ3) is 1.32. The molecular weight excluding hydrogens is 202 g/mol. The second-order valence-electron chi connectivity index (χ2n) is 3.54. The fourth-order valence-electron chi connectivity index (χ4n) is 1.71. The summed E-state index contributed by atoms with van der Waals surface area (Å²) in [6.45, 7) is 0. The topological polar surface area (TPSA) is 61.5 Å². The maximum atomic E-state index is 12.0. The smallest absolute Gasteiger partial charge is 0.244 e. The largest absolute Gasteiger partial charge is 0.352 e. The lowest BCUT2D eigenvalue weighted by atomic mass is 10.2. The Labute approximate surface area is 91.3 Å². The lowest BCUT2D eigenvalue weighted by molar-refractivity contribution is 0.102. The Morgan fingerprint density at radius 1 is 1.25 bits per heavy atom. The van der Waals surface area contributed by atoms with Gasteiger partial charge in [-0.15, -0.1) is 0 Å². The first-order valence-electron chi connectivity index (χ1n) is 4.96. The quantitative estimate of drug-likeness (QED) is 0.638. The van der Waals surface area contributed by atoms with E-state index in [9.17, 15) is 4.79 Å².